The van der Waals surface area contributed by atoms with Crippen molar-refractivity contribution < 1.29 is 24.4 Å². The summed E-state index contributed by atoms with van der Waals surface area (Å²) in [5, 5.41) is 15.8. The number of nitrogens with zero attached hydrogens (tertiary/aromatic N) is 1. The molecule has 0 aromatic carbocycles. The van der Waals surface area contributed by atoms with Crippen LogP contribution in [0.5, 0.6) is 0 Å². The first-order valence-corrected chi connectivity index (χ1v) is 13.1. The molecule has 6 heteroatoms. The SMILES string of the molecule is CC(O)C(=O)O.CCC[N+](C)(C)NC(=O)CCCCCCCCCCCCCCC(C)C. The highest BCUT2D eigenvalue weighted by atomic mass is 16.4. The van der Waals surface area contributed by atoms with Crippen LogP contribution in [0.25, 0.3) is 0 Å². The van der Waals surface area contributed by atoms with Crippen molar-refractivity contribution in [2.45, 2.75) is 130 Å². The number of aliphatic hydroxyl groups excluding tert-OH is 1. The van der Waals surface area contributed by atoms with Crippen LogP contribution in [0.15, 0.2) is 0 Å². The largest absolute Gasteiger partial charge is 0.479 e. The van der Waals surface area contributed by atoms with Gasteiger partial charge in [0.25, 0.3) is 5.91 Å². The van der Waals surface area contributed by atoms with E-state index in [1.165, 1.54) is 84.0 Å². The summed E-state index contributed by atoms with van der Waals surface area (Å²) >= 11 is 0. The normalized spacial score (nSPS) is 12.2. The molecule has 0 saturated heterocycles. The summed E-state index contributed by atoms with van der Waals surface area (Å²) in [6.07, 6.45) is 18.1. The van der Waals surface area contributed by atoms with E-state index >= 15 is 0 Å². The molecule has 6 nitrogen and oxygen atoms in total. The summed E-state index contributed by atoms with van der Waals surface area (Å²) in [4.78, 5) is 21.4. The third-order valence-electron chi connectivity index (χ3n) is 5.50. The van der Waals surface area contributed by atoms with Crippen LogP contribution in [-0.4, -0.2) is 53.4 Å². The number of quaternary nitrogens is 1. The van der Waals surface area contributed by atoms with E-state index in [4.69, 9.17) is 10.2 Å². The Kier molecular flexibility index (Phi) is 22.4. The number of carboxylic acid groups (broad SMARTS) is 1. The minimum Gasteiger partial charge on any atom is -0.479 e. The standard InChI is InChI=1S/C23H48N2O.C3H6O3/c1-6-21-25(4,5)24-23(26)20-18-16-14-12-10-8-7-9-11-13-15-17-19-22(2)3;1-2(4)3(5)6/h22H,6-21H2,1-5H3;2,4H,1H3,(H,5,6)/p+1. The Morgan fingerprint density at radius 3 is 1.50 bits per heavy atom. The third kappa shape index (κ3) is 26.9. The average Bonchev–Trinajstić information content (AvgIpc) is 2.67. The molecule has 3 N–H and O–H groups in total. The number of aliphatic hydroxyl groups is 1. The van der Waals surface area contributed by atoms with E-state index in [1.807, 2.05) is 0 Å². The Hall–Kier alpha value is -1.14. The maximum Gasteiger partial charge on any atom is 0.332 e. The van der Waals surface area contributed by atoms with Crippen molar-refractivity contribution in [1.82, 2.24) is 5.43 Å². The number of carbonyl (C=O) groups excluding carboxylic acids is 1. The Bertz CT molecular complexity index is 451. The van der Waals surface area contributed by atoms with E-state index in [1.54, 1.807) is 0 Å². The summed E-state index contributed by atoms with van der Waals surface area (Å²) in [6, 6.07) is 0. The van der Waals surface area contributed by atoms with Crippen LogP contribution < -0.4 is 5.43 Å². The van der Waals surface area contributed by atoms with Gasteiger partial charge in [-0.1, -0.05) is 97.8 Å². The lowest BCUT2D eigenvalue weighted by Gasteiger charge is -2.28. The van der Waals surface area contributed by atoms with E-state index < -0.39 is 12.1 Å². The van der Waals surface area contributed by atoms with Gasteiger partial charge in [0.15, 0.2) is 0 Å². The van der Waals surface area contributed by atoms with Crippen molar-refractivity contribution in [3.05, 3.63) is 0 Å². The fourth-order valence-electron chi connectivity index (χ4n) is 3.61. The van der Waals surface area contributed by atoms with Gasteiger partial charge in [-0.25, -0.2) is 14.8 Å². The molecule has 0 aliphatic heterocycles. The molecule has 1 unspecified atom stereocenters. The van der Waals surface area contributed by atoms with Crippen molar-refractivity contribution in [1.29, 1.82) is 0 Å². The summed E-state index contributed by atoms with van der Waals surface area (Å²) in [7, 11) is 4.13. The van der Waals surface area contributed by atoms with Crippen LogP contribution in [-0.2, 0) is 9.59 Å². The third-order valence-corrected chi connectivity index (χ3v) is 5.50. The first-order chi connectivity index (χ1) is 15.0. The number of amides is 1. The number of rotatable bonds is 19. The molecule has 0 bridgehead atoms. The van der Waals surface area contributed by atoms with Gasteiger partial charge in [0.05, 0.1) is 14.1 Å². The van der Waals surface area contributed by atoms with E-state index in [2.05, 4.69) is 40.3 Å². The molecule has 0 fully saturated rings. The quantitative estimate of drug-likeness (QED) is 0.124. The molecule has 0 rings (SSSR count). The Balaban J connectivity index is 0. The molecule has 192 valence electrons. The van der Waals surface area contributed by atoms with Gasteiger partial charge in [0, 0.05) is 6.42 Å². The molecule has 0 saturated carbocycles. The second kappa shape index (κ2) is 21.7. The fraction of sp³-hybridized carbons (Fsp3) is 0.923. The monoisotopic (exact) mass is 459 g/mol. The maximum atomic E-state index is 11.9. The fourth-order valence-corrected chi connectivity index (χ4v) is 3.61. The van der Waals surface area contributed by atoms with Crippen LogP contribution in [0.3, 0.4) is 0 Å². The van der Waals surface area contributed by atoms with Crippen LogP contribution in [0, 0.1) is 5.92 Å². The highest BCUT2D eigenvalue weighted by molar-refractivity contribution is 5.74. The molecular weight excluding hydrogens is 404 g/mol. The number of hydrogen-bond acceptors (Lipinski definition) is 3. The average molecular weight is 460 g/mol. The van der Waals surface area contributed by atoms with Gasteiger partial charge in [-0.05, 0) is 25.7 Å². The van der Waals surface area contributed by atoms with E-state index in [0.717, 1.165) is 25.3 Å². The number of hydrogen-bond donors (Lipinski definition) is 3. The zero-order chi connectivity index (χ0) is 24.8. The van der Waals surface area contributed by atoms with E-state index in [0.29, 0.717) is 11.0 Å². The number of carboxylic acids is 1. The predicted octanol–water partition coefficient (Wildman–Crippen LogP) is 6.07. The first-order valence-electron chi connectivity index (χ1n) is 13.1. The number of aliphatic carboxylic acids is 1. The van der Waals surface area contributed by atoms with Crippen molar-refractivity contribution >= 4 is 11.9 Å². The predicted molar refractivity (Wildman–Crippen MR) is 134 cm³/mol. The van der Waals surface area contributed by atoms with Gasteiger partial charge in [-0.15, -0.1) is 0 Å². The first kappa shape index (κ1) is 33.0. The molecule has 0 aliphatic carbocycles. The molecule has 0 aromatic heterocycles. The summed E-state index contributed by atoms with van der Waals surface area (Å²) < 4.78 is 0.604. The van der Waals surface area contributed by atoms with Gasteiger partial charge < -0.3 is 10.2 Å². The smallest absolute Gasteiger partial charge is 0.332 e. The van der Waals surface area contributed by atoms with Crippen molar-refractivity contribution in [3.63, 3.8) is 0 Å². The minimum absolute atomic E-state index is 0.205. The lowest BCUT2D eigenvalue weighted by molar-refractivity contribution is -0.925. The zero-order valence-electron chi connectivity index (χ0n) is 22.1. The second-order valence-electron chi connectivity index (χ2n) is 10.1. The molecule has 1 amide bonds. The van der Waals surface area contributed by atoms with Gasteiger partial charge in [-0.3, -0.25) is 4.79 Å². The topological polar surface area (TPSA) is 86.6 Å². The van der Waals surface area contributed by atoms with E-state index in [9.17, 15) is 9.59 Å². The summed E-state index contributed by atoms with van der Waals surface area (Å²) in [5.74, 6) is -0.108. The number of carbonyl (C=O) groups is 2. The van der Waals surface area contributed by atoms with Gasteiger partial charge in [0.2, 0.25) is 0 Å². The molecule has 0 spiro atoms. The van der Waals surface area contributed by atoms with Crippen LogP contribution in [0.1, 0.15) is 124 Å². The highest BCUT2D eigenvalue weighted by Crippen LogP contribution is 2.14. The van der Waals surface area contributed by atoms with Crippen molar-refractivity contribution in [2.75, 3.05) is 20.6 Å². The Labute approximate surface area is 198 Å². The van der Waals surface area contributed by atoms with Gasteiger partial charge in [0.1, 0.15) is 12.6 Å². The number of nitrogens with one attached hydrogen (secondary N) is 1. The summed E-state index contributed by atoms with van der Waals surface area (Å²) in [5.41, 5.74) is 3.10. The lowest BCUT2D eigenvalue weighted by Crippen LogP contribution is -2.54. The van der Waals surface area contributed by atoms with Crippen LogP contribution >= 0.6 is 0 Å². The molecule has 0 heterocycles. The van der Waals surface area contributed by atoms with Gasteiger partial charge in [-0.2, -0.15) is 0 Å². The minimum atomic E-state index is -1.23. The molecule has 0 aliphatic rings. The Morgan fingerprint density at radius 2 is 1.16 bits per heavy atom. The van der Waals surface area contributed by atoms with E-state index in [-0.39, 0.29) is 5.91 Å². The van der Waals surface area contributed by atoms with Crippen LogP contribution in [0.2, 0.25) is 0 Å². The van der Waals surface area contributed by atoms with Crippen LogP contribution in [0.4, 0.5) is 0 Å². The molecule has 0 aromatic rings. The highest BCUT2D eigenvalue weighted by Gasteiger charge is 2.16. The van der Waals surface area contributed by atoms with Crippen molar-refractivity contribution in [2.24, 2.45) is 5.92 Å². The van der Waals surface area contributed by atoms with Gasteiger partial charge >= 0.3 is 5.97 Å². The maximum absolute atomic E-state index is 11.9. The zero-order valence-corrected chi connectivity index (χ0v) is 22.1. The summed E-state index contributed by atoms with van der Waals surface area (Å²) in [6.45, 7) is 8.98. The van der Waals surface area contributed by atoms with Crippen molar-refractivity contribution in [3.8, 4) is 0 Å². The molecule has 1 atom stereocenters. The lowest BCUT2D eigenvalue weighted by atomic mass is 10.0. The Morgan fingerprint density at radius 1 is 0.781 bits per heavy atom. The molecule has 0 radical (unpaired) electrons. The molecule has 32 heavy (non-hydrogen) atoms. The number of unbranched alkanes of at least 4 members (excludes halogenated alkanes) is 11. The second-order valence-corrected chi connectivity index (χ2v) is 10.1. The molecular formula is C26H55N2O4+.